The van der Waals surface area contributed by atoms with E-state index in [0.29, 0.717) is 39.4 Å². The fraction of sp³-hybridized carbons (Fsp3) is 0.316. The predicted octanol–water partition coefficient (Wildman–Crippen LogP) is 5.35. The lowest BCUT2D eigenvalue weighted by Gasteiger charge is -2.22. The Morgan fingerprint density at radius 3 is 2.54 bits per heavy atom. The summed E-state index contributed by atoms with van der Waals surface area (Å²) < 4.78 is 19.1. The number of carbonyl (C=O) groups is 1. The van der Waals surface area contributed by atoms with Crippen LogP contribution in [0.3, 0.4) is 0 Å². The first-order valence-corrected chi connectivity index (χ1v) is 9.17. The molecule has 0 atom stereocenters. The van der Waals surface area contributed by atoms with Crippen molar-refractivity contribution in [2.24, 2.45) is 5.92 Å². The molecule has 1 aliphatic rings. The number of halogens is 3. The second kappa shape index (κ2) is 8.71. The van der Waals surface area contributed by atoms with Crippen LogP contribution in [-0.4, -0.2) is 25.8 Å². The summed E-state index contributed by atoms with van der Waals surface area (Å²) in [7, 11) is 0. The van der Waals surface area contributed by atoms with Crippen molar-refractivity contribution in [3.63, 3.8) is 0 Å². The van der Waals surface area contributed by atoms with Gasteiger partial charge in [0.05, 0.1) is 12.3 Å². The van der Waals surface area contributed by atoms with E-state index in [9.17, 15) is 9.18 Å². The van der Waals surface area contributed by atoms with Gasteiger partial charge in [-0.25, -0.2) is 9.18 Å². The molecule has 0 radical (unpaired) electrons. The molecule has 2 N–H and O–H groups in total. The van der Waals surface area contributed by atoms with Crippen LogP contribution in [-0.2, 0) is 4.74 Å². The summed E-state index contributed by atoms with van der Waals surface area (Å²) in [4.78, 5) is 12.2. The van der Waals surface area contributed by atoms with Crippen LogP contribution in [0.2, 0.25) is 10.0 Å². The molecular weight excluding hydrogens is 378 g/mol. The van der Waals surface area contributed by atoms with Gasteiger partial charge in [-0.05, 0) is 73.8 Å². The van der Waals surface area contributed by atoms with Gasteiger partial charge in [-0.3, -0.25) is 5.32 Å². The number of benzene rings is 2. The van der Waals surface area contributed by atoms with Gasteiger partial charge in [-0.2, -0.15) is 0 Å². The minimum atomic E-state index is -0.565. The van der Waals surface area contributed by atoms with Crippen molar-refractivity contribution in [2.75, 3.05) is 25.0 Å². The Labute approximate surface area is 161 Å². The van der Waals surface area contributed by atoms with Crippen LogP contribution in [0.25, 0.3) is 11.1 Å². The standard InChI is InChI=1S/C19H19Cl2FN2O2/c20-14-7-13(8-15(21)9-14)17-10-16(22)1-2-18(17)24-19(25)26-11-12-3-5-23-6-4-12/h1-2,7-10,12,23H,3-6,11H2,(H,24,25). The summed E-state index contributed by atoms with van der Waals surface area (Å²) in [6.45, 7) is 2.24. The van der Waals surface area contributed by atoms with Gasteiger partial charge in [0.25, 0.3) is 0 Å². The van der Waals surface area contributed by atoms with Crippen LogP contribution >= 0.6 is 23.2 Å². The van der Waals surface area contributed by atoms with Gasteiger partial charge >= 0.3 is 6.09 Å². The van der Waals surface area contributed by atoms with Crippen LogP contribution < -0.4 is 10.6 Å². The third-order valence-electron chi connectivity index (χ3n) is 4.30. The summed E-state index contributed by atoms with van der Waals surface area (Å²) in [6.07, 6.45) is 1.40. The van der Waals surface area contributed by atoms with Gasteiger partial charge in [0.15, 0.2) is 0 Å². The van der Waals surface area contributed by atoms with Gasteiger partial charge in [0.2, 0.25) is 0 Å². The summed E-state index contributed by atoms with van der Waals surface area (Å²) in [5.74, 6) is -0.0638. The second-order valence-corrected chi connectivity index (χ2v) is 7.14. The third-order valence-corrected chi connectivity index (χ3v) is 4.74. The van der Waals surface area contributed by atoms with Gasteiger partial charge < -0.3 is 10.1 Å². The Bertz CT molecular complexity index is 775. The molecule has 0 saturated carbocycles. The fourth-order valence-electron chi connectivity index (χ4n) is 2.96. The molecule has 1 aliphatic heterocycles. The molecule has 138 valence electrons. The number of piperidine rings is 1. The van der Waals surface area contributed by atoms with Gasteiger partial charge in [-0.1, -0.05) is 23.2 Å². The Kier molecular flexibility index (Phi) is 6.35. The zero-order valence-corrected chi connectivity index (χ0v) is 15.5. The Morgan fingerprint density at radius 2 is 1.85 bits per heavy atom. The lowest BCUT2D eigenvalue weighted by molar-refractivity contribution is 0.131. The molecule has 3 rings (SSSR count). The number of rotatable bonds is 4. The Balaban J connectivity index is 1.74. The number of anilines is 1. The molecule has 0 aliphatic carbocycles. The molecule has 1 amide bonds. The Morgan fingerprint density at radius 1 is 1.15 bits per heavy atom. The van der Waals surface area contributed by atoms with Crippen molar-refractivity contribution in [1.29, 1.82) is 0 Å². The summed E-state index contributed by atoms with van der Waals surface area (Å²) in [5, 5.41) is 6.81. The van der Waals surface area contributed by atoms with E-state index in [1.165, 1.54) is 18.2 Å². The van der Waals surface area contributed by atoms with E-state index in [2.05, 4.69) is 10.6 Å². The van der Waals surface area contributed by atoms with Crippen molar-refractivity contribution in [3.05, 3.63) is 52.3 Å². The maximum absolute atomic E-state index is 13.7. The van der Waals surface area contributed by atoms with E-state index < -0.39 is 11.9 Å². The molecule has 26 heavy (non-hydrogen) atoms. The van der Waals surface area contributed by atoms with E-state index in [4.69, 9.17) is 27.9 Å². The first-order chi connectivity index (χ1) is 12.5. The second-order valence-electron chi connectivity index (χ2n) is 6.26. The largest absolute Gasteiger partial charge is 0.449 e. The number of hydrogen-bond donors (Lipinski definition) is 2. The van der Waals surface area contributed by atoms with Crippen molar-refractivity contribution in [3.8, 4) is 11.1 Å². The third kappa shape index (κ3) is 5.10. The zero-order valence-electron chi connectivity index (χ0n) is 14.0. The van der Waals surface area contributed by atoms with Crippen molar-refractivity contribution >= 4 is 35.0 Å². The highest BCUT2D eigenvalue weighted by molar-refractivity contribution is 6.35. The average Bonchev–Trinajstić information content (AvgIpc) is 2.61. The van der Waals surface area contributed by atoms with E-state index in [0.717, 1.165) is 25.9 Å². The summed E-state index contributed by atoms with van der Waals surface area (Å²) in [6, 6.07) is 9.00. The highest BCUT2D eigenvalue weighted by atomic mass is 35.5. The van der Waals surface area contributed by atoms with Gasteiger partial charge in [0, 0.05) is 15.6 Å². The maximum Gasteiger partial charge on any atom is 0.411 e. The molecular formula is C19H19Cl2FN2O2. The molecule has 1 saturated heterocycles. The fourth-order valence-corrected chi connectivity index (χ4v) is 3.49. The molecule has 4 nitrogen and oxygen atoms in total. The molecule has 0 bridgehead atoms. The number of nitrogens with one attached hydrogen (secondary N) is 2. The van der Waals surface area contributed by atoms with Crippen LogP contribution in [0.4, 0.5) is 14.9 Å². The molecule has 2 aromatic rings. The number of hydrogen-bond acceptors (Lipinski definition) is 3. The topological polar surface area (TPSA) is 50.4 Å². The number of ether oxygens (including phenoxy) is 1. The predicted molar refractivity (Wildman–Crippen MR) is 102 cm³/mol. The number of carbonyl (C=O) groups excluding carboxylic acids is 1. The van der Waals surface area contributed by atoms with E-state index >= 15 is 0 Å². The van der Waals surface area contributed by atoms with Crippen molar-refractivity contribution in [2.45, 2.75) is 12.8 Å². The van der Waals surface area contributed by atoms with Crippen LogP contribution in [0.15, 0.2) is 36.4 Å². The van der Waals surface area contributed by atoms with Crippen LogP contribution in [0.1, 0.15) is 12.8 Å². The normalized spacial score (nSPS) is 14.9. The summed E-state index contributed by atoms with van der Waals surface area (Å²) >= 11 is 12.1. The SMILES string of the molecule is O=C(Nc1ccc(F)cc1-c1cc(Cl)cc(Cl)c1)OCC1CCNCC1. The molecule has 7 heteroatoms. The first kappa shape index (κ1) is 19.0. The maximum atomic E-state index is 13.7. The van der Waals surface area contributed by atoms with Crippen LogP contribution in [0.5, 0.6) is 0 Å². The summed E-state index contributed by atoms with van der Waals surface area (Å²) in [5.41, 5.74) is 1.52. The van der Waals surface area contributed by atoms with Gasteiger partial charge in [-0.15, -0.1) is 0 Å². The Hall–Kier alpha value is -1.82. The zero-order chi connectivity index (χ0) is 18.5. The van der Waals surface area contributed by atoms with Crippen molar-refractivity contribution < 1.29 is 13.9 Å². The van der Waals surface area contributed by atoms with Crippen molar-refractivity contribution in [1.82, 2.24) is 5.32 Å². The lowest BCUT2D eigenvalue weighted by atomic mass is 9.99. The number of amides is 1. The highest BCUT2D eigenvalue weighted by Gasteiger charge is 2.16. The molecule has 0 aromatic heterocycles. The quantitative estimate of drug-likeness (QED) is 0.732. The molecule has 1 fully saturated rings. The first-order valence-electron chi connectivity index (χ1n) is 8.42. The van der Waals surface area contributed by atoms with E-state index in [1.807, 2.05) is 0 Å². The minimum Gasteiger partial charge on any atom is -0.449 e. The van der Waals surface area contributed by atoms with Gasteiger partial charge in [0.1, 0.15) is 5.82 Å². The molecule has 0 unspecified atom stereocenters. The molecule has 0 spiro atoms. The van der Waals surface area contributed by atoms with E-state index in [1.54, 1.807) is 18.2 Å². The minimum absolute atomic E-state index is 0.362. The van der Waals surface area contributed by atoms with E-state index in [-0.39, 0.29) is 0 Å². The molecule has 1 heterocycles. The molecule has 2 aromatic carbocycles. The average molecular weight is 397 g/mol. The highest BCUT2D eigenvalue weighted by Crippen LogP contribution is 2.33. The smallest absolute Gasteiger partial charge is 0.411 e. The lowest BCUT2D eigenvalue weighted by Crippen LogP contribution is -2.31. The van der Waals surface area contributed by atoms with Crippen LogP contribution in [0, 0.1) is 11.7 Å². The monoisotopic (exact) mass is 396 g/mol.